The molecule has 0 N–H and O–H groups in total. The van der Waals surface area contributed by atoms with Gasteiger partial charge in [-0.1, -0.05) is 18.2 Å². The molecule has 0 amide bonds. The molecule has 0 unspecified atom stereocenters. The summed E-state index contributed by atoms with van der Waals surface area (Å²) in [4.78, 5) is 0.981. The van der Waals surface area contributed by atoms with Crippen LogP contribution in [0.1, 0.15) is 0 Å². The lowest BCUT2D eigenvalue weighted by Gasteiger charge is -1.84. The Kier molecular flexibility index (Phi) is 4.36. The predicted octanol–water partition coefficient (Wildman–Crippen LogP) is 2.62. The van der Waals surface area contributed by atoms with E-state index in [4.69, 9.17) is 11.6 Å². The molecule has 0 aliphatic carbocycles. The third kappa shape index (κ3) is 3.96. The highest BCUT2D eigenvalue weighted by Crippen LogP contribution is 2.08. The maximum absolute atomic E-state index is 5.22. The van der Waals surface area contributed by atoms with Crippen LogP contribution in [0.4, 0.5) is 0 Å². The van der Waals surface area contributed by atoms with Gasteiger partial charge in [-0.25, -0.2) is 0 Å². The monoisotopic (exact) mass is 134 g/mol. The van der Waals surface area contributed by atoms with E-state index in [-0.39, 0.29) is 0 Å². The minimum absolute atomic E-state index is 0.981. The molecule has 0 heterocycles. The summed E-state index contributed by atoms with van der Waals surface area (Å²) in [6.45, 7) is 3.65. The standard InChI is InChI=1S/C5H7ClS/c1-5(7-2)3-4-6/h3-4H,1H2,2H3/b4-3+. The first-order valence-corrected chi connectivity index (χ1v) is 3.47. The lowest BCUT2D eigenvalue weighted by Crippen LogP contribution is -1.56. The van der Waals surface area contributed by atoms with E-state index >= 15 is 0 Å². The van der Waals surface area contributed by atoms with Crippen LogP contribution in [0.2, 0.25) is 0 Å². The van der Waals surface area contributed by atoms with Gasteiger partial charge < -0.3 is 0 Å². The number of allylic oxidation sites excluding steroid dienone is 1. The van der Waals surface area contributed by atoms with Gasteiger partial charge >= 0.3 is 0 Å². The van der Waals surface area contributed by atoms with Crippen LogP contribution in [0, 0.1) is 0 Å². The van der Waals surface area contributed by atoms with Crippen LogP contribution in [0.25, 0.3) is 0 Å². The summed E-state index contributed by atoms with van der Waals surface area (Å²) in [6, 6.07) is 0. The van der Waals surface area contributed by atoms with Gasteiger partial charge in [-0.15, -0.1) is 11.8 Å². The highest BCUT2D eigenvalue weighted by Gasteiger charge is 1.76. The molecule has 0 radical (unpaired) electrons. The summed E-state index contributed by atoms with van der Waals surface area (Å²) in [5.41, 5.74) is 1.46. The minimum Gasteiger partial charge on any atom is -0.130 e. The topological polar surface area (TPSA) is 0 Å². The van der Waals surface area contributed by atoms with E-state index < -0.39 is 0 Å². The predicted molar refractivity (Wildman–Crippen MR) is 37.6 cm³/mol. The quantitative estimate of drug-likeness (QED) is 0.524. The van der Waals surface area contributed by atoms with Crippen molar-refractivity contribution in [3.63, 3.8) is 0 Å². The SMILES string of the molecule is C=C(/C=C/Cl)SC. The summed E-state index contributed by atoms with van der Waals surface area (Å²) < 4.78 is 0. The normalized spacial score (nSPS) is 10.0. The van der Waals surface area contributed by atoms with Crippen LogP contribution < -0.4 is 0 Å². The van der Waals surface area contributed by atoms with E-state index in [1.165, 1.54) is 5.54 Å². The van der Waals surface area contributed by atoms with Gasteiger partial charge in [-0.3, -0.25) is 0 Å². The lowest BCUT2D eigenvalue weighted by molar-refractivity contribution is 2.02. The average molecular weight is 135 g/mol. The van der Waals surface area contributed by atoms with E-state index in [1.807, 2.05) is 6.26 Å². The maximum atomic E-state index is 5.22. The molecule has 0 aromatic heterocycles. The summed E-state index contributed by atoms with van der Waals surface area (Å²) in [7, 11) is 0. The second-order valence-electron chi connectivity index (χ2n) is 0.963. The Balaban J connectivity index is 3.37. The molecule has 0 bridgehead atoms. The van der Waals surface area contributed by atoms with Gasteiger partial charge in [0.05, 0.1) is 0 Å². The molecule has 0 rings (SSSR count). The summed E-state index contributed by atoms with van der Waals surface area (Å²) in [5, 5.41) is 0. The van der Waals surface area contributed by atoms with Crippen molar-refractivity contribution in [3.05, 3.63) is 23.1 Å². The number of hydrogen-bond donors (Lipinski definition) is 0. The van der Waals surface area contributed by atoms with E-state index in [0.29, 0.717) is 0 Å². The second-order valence-corrected chi connectivity index (χ2v) is 2.15. The fourth-order valence-corrected chi connectivity index (χ4v) is 0.569. The molecule has 0 aliphatic rings. The molecule has 0 aromatic rings. The minimum atomic E-state index is 0.981. The lowest BCUT2D eigenvalue weighted by atomic mass is 10.6. The Labute approximate surface area is 53.2 Å². The van der Waals surface area contributed by atoms with E-state index in [1.54, 1.807) is 17.8 Å². The van der Waals surface area contributed by atoms with Crippen LogP contribution in [-0.2, 0) is 0 Å². The molecule has 7 heavy (non-hydrogen) atoms. The Morgan fingerprint density at radius 2 is 2.43 bits per heavy atom. The molecule has 0 fully saturated rings. The summed E-state index contributed by atoms with van der Waals surface area (Å²) in [6.07, 6.45) is 3.71. The van der Waals surface area contributed by atoms with Gasteiger partial charge in [-0.2, -0.15) is 0 Å². The Morgan fingerprint density at radius 1 is 1.86 bits per heavy atom. The van der Waals surface area contributed by atoms with Gasteiger partial charge in [0.1, 0.15) is 0 Å². The van der Waals surface area contributed by atoms with Crippen molar-refractivity contribution >= 4 is 23.4 Å². The molecular weight excluding hydrogens is 128 g/mol. The largest absolute Gasteiger partial charge is 0.130 e. The van der Waals surface area contributed by atoms with Crippen molar-refractivity contribution in [2.45, 2.75) is 0 Å². The molecule has 40 valence electrons. The van der Waals surface area contributed by atoms with Crippen molar-refractivity contribution < 1.29 is 0 Å². The molecule has 0 nitrogen and oxygen atoms in total. The molecule has 0 aromatic carbocycles. The van der Waals surface area contributed by atoms with Crippen molar-refractivity contribution in [2.24, 2.45) is 0 Å². The molecule has 0 atom stereocenters. The third-order valence-electron chi connectivity index (χ3n) is 0.511. The van der Waals surface area contributed by atoms with Crippen LogP contribution in [0.15, 0.2) is 23.1 Å². The van der Waals surface area contributed by atoms with Gasteiger partial charge in [-0.05, 0) is 12.3 Å². The highest BCUT2D eigenvalue weighted by molar-refractivity contribution is 8.02. The first kappa shape index (κ1) is 7.12. The van der Waals surface area contributed by atoms with Gasteiger partial charge in [0.25, 0.3) is 0 Å². The van der Waals surface area contributed by atoms with Crippen molar-refractivity contribution in [1.82, 2.24) is 0 Å². The zero-order valence-corrected chi connectivity index (χ0v) is 5.72. The summed E-state index contributed by atoms with van der Waals surface area (Å²) in [5.74, 6) is 0. The first-order chi connectivity index (χ1) is 3.31. The zero-order chi connectivity index (χ0) is 5.70. The molecular formula is C5H7ClS. The molecule has 0 aliphatic heterocycles. The molecule has 0 saturated carbocycles. The van der Waals surface area contributed by atoms with Crippen LogP contribution in [-0.4, -0.2) is 6.26 Å². The number of thioether (sulfide) groups is 1. The molecule has 0 saturated heterocycles. The highest BCUT2D eigenvalue weighted by atomic mass is 35.5. The number of rotatable bonds is 2. The number of halogens is 1. The summed E-state index contributed by atoms with van der Waals surface area (Å²) >= 11 is 6.80. The van der Waals surface area contributed by atoms with Crippen LogP contribution in [0.3, 0.4) is 0 Å². The van der Waals surface area contributed by atoms with E-state index in [9.17, 15) is 0 Å². The zero-order valence-electron chi connectivity index (χ0n) is 4.15. The Bertz CT molecular complexity index is 86.1. The molecule has 2 heteroatoms. The van der Waals surface area contributed by atoms with Gasteiger partial charge in [0.15, 0.2) is 0 Å². The van der Waals surface area contributed by atoms with E-state index in [0.717, 1.165) is 4.91 Å². The fourth-order valence-electron chi connectivity index (χ4n) is 0.138. The van der Waals surface area contributed by atoms with Crippen molar-refractivity contribution in [1.29, 1.82) is 0 Å². The Morgan fingerprint density at radius 3 is 2.57 bits per heavy atom. The second kappa shape index (κ2) is 4.28. The van der Waals surface area contributed by atoms with Gasteiger partial charge in [0, 0.05) is 10.4 Å². The first-order valence-electron chi connectivity index (χ1n) is 1.81. The maximum Gasteiger partial charge on any atom is 0.00533 e. The van der Waals surface area contributed by atoms with E-state index in [2.05, 4.69) is 6.58 Å². The van der Waals surface area contributed by atoms with Crippen molar-refractivity contribution in [3.8, 4) is 0 Å². The van der Waals surface area contributed by atoms with Crippen LogP contribution >= 0.6 is 23.4 Å². The van der Waals surface area contributed by atoms with Gasteiger partial charge in [0.2, 0.25) is 0 Å². The molecule has 0 spiro atoms. The average Bonchev–Trinajstić information content (AvgIpc) is 1.68. The Hall–Kier alpha value is 0.120. The number of hydrogen-bond acceptors (Lipinski definition) is 1. The van der Waals surface area contributed by atoms with Crippen LogP contribution in [0.5, 0.6) is 0 Å². The third-order valence-corrected chi connectivity index (χ3v) is 1.30. The van der Waals surface area contributed by atoms with Crippen molar-refractivity contribution in [2.75, 3.05) is 6.26 Å². The smallest absolute Gasteiger partial charge is 0.00533 e. The fraction of sp³-hybridized carbons (Fsp3) is 0.200.